The Morgan fingerprint density at radius 1 is 1.10 bits per heavy atom. The van der Waals surface area contributed by atoms with Gasteiger partial charge in [0.1, 0.15) is 22.9 Å². The van der Waals surface area contributed by atoms with Gasteiger partial charge < -0.3 is 14.8 Å². The Morgan fingerprint density at radius 3 is 2.60 bits per heavy atom. The van der Waals surface area contributed by atoms with Crippen LogP contribution in [0.15, 0.2) is 55.0 Å². The molecule has 2 aliphatic rings. The van der Waals surface area contributed by atoms with E-state index in [9.17, 15) is 14.0 Å². The summed E-state index contributed by atoms with van der Waals surface area (Å²) in [5.74, 6) is -0.300. The first kappa shape index (κ1) is 27.8. The largest absolute Gasteiger partial charge is 0.443 e. The molecule has 218 valence electrons. The molecule has 11 heteroatoms. The van der Waals surface area contributed by atoms with E-state index in [1.54, 1.807) is 43.6 Å². The van der Waals surface area contributed by atoms with Crippen LogP contribution in [-0.4, -0.2) is 68.1 Å². The predicted octanol–water partition coefficient (Wildman–Crippen LogP) is 5.56. The molecule has 0 aliphatic carbocycles. The molecule has 0 radical (unpaired) electrons. The Morgan fingerprint density at radius 2 is 1.88 bits per heavy atom. The third-order valence-electron chi connectivity index (χ3n) is 7.58. The zero-order valence-corrected chi connectivity index (χ0v) is 24.1. The van der Waals surface area contributed by atoms with Crippen molar-refractivity contribution in [3.63, 3.8) is 0 Å². The maximum atomic E-state index is 13.8. The van der Waals surface area contributed by atoms with Gasteiger partial charge in [0.05, 0.1) is 42.9 Å². The fourth-order valence-corrected chi connectivity index (χ4v) is 5.42. The number of ether oxygens (including phenoxy) is 2. The number of hydrogen-bond donors (Lipinski definition) is 1. The number of aromatic nitrogens is 3. The average molecular weight is 573 g/mol. The minimum absolute atomic E-state index is 0.0196. The number of nitrogens with zero attached hydrogens (tertiary/aromatic N) is 5. The number of hydrogen-bond acceptors (Lipinski definition) is 8. The highest BCUT2D eigenvalue weighted by Crippen LogP contribution is 2.39. The van der Waals surface area contributed by atoms with Gasteiger partial charge in [-0.1, -0.05) is 12.1 Å². The third kappa shape index (κ3) is 5.33. The van der Waals surface area contributed by atoms with Crippen LogP contribution in [0.25, 0.3) is 16.9 Å². The number of halogens is 1. The quantitative estimate of drug-likeness (QED) is 0.332. The van der Waals surface area contributed by atoms with Gasteiger partial charge in [0.15, 0.2) is 0 Å². The lowest BCUT2D eigenvalue weighted by Crippen LogP contribution is -2.38. The number of nitrogens with one attached hydrogen (secondary N) is 1. The summed E-state index contributed by atoms with van der Waals surface area (Å²) in [6.45, 7) is 10.6. The number of benzene rings is 1. The number of carbonyl (C=O) groups excluding carboxylic acids is 2. The SMILES string of the molecule is C[C@@H](c1ccc(Nc2ccc(-c3cnc4cc(F)ccn34)c3c2C(=O)N(C(=O)OC(C)(C)C)C3)nc1)N1CCOCC1. The summed E-state index contributed by atoms with van der Waals surface area (Å²) in [4.78, 5) is 39.3. The molecule has 3 aromatic heterocycles. The second kappa shape index (κ2) is 10.8. The van der Waals surface area contributed by atoms with E-state index in [1.807, 2.05) is 24.4 Å². The van der Waals surface area contributed by atoms with E-state index in [2.05, 4.69) is 27.1 Å². The number of anilines is 2. The second-order valence-corrected chi connectivity index (χ2v) is 11.5. The normalized spacial score (nSPS) is 16.5. The van der Waals surface area contributed by atoms with Crippen LogP contribution < -0.4 is 5.32 Å². The lowest BCUT2D eigenvalue weighted by Gasteiger charge is -2.32. The van der Waals surface area contributed by atoms with Crippen LogP contribution in [0.5, 0.6) is 0 Å². The van der Waals surface area contributed by atoms with Crippen molar-refractivity contribution in [3.8, 4) is 11.3 Å². The van der Waals surface area contributed by atoms with E-state index in [1.165, 1.54) is 12.1 Å². The first-order valence-electron chi connectivity index (χ1n) is 14.0. The summed E-state index contributed by atoms with van der Waals surface area (Å²) in [6.07, 6.45) is 4.34. The number of fused-ring (bicyclic) bond motifs is 2. The topological polar surface area (TPSA) is 101 Å². The van der Waals surface area contributed by atoms with E-state index < -0.39 is 23.4 Å². The lowest BCUT2D eigenvalue weighted by atomic mass is 9.99. The van der Waals surface area contributed by atoms with Crippen molar-refractivity contribution >= 4 is 29.2 Å². The number of imide groups is 1. The molecule has 1 fully saturated rings. The minimum Gasteiger partial charge on any atom is -0.443 e. The molecule has 1 saturated heterocycles. The number of rotatable bonds is 5. The Bertz CT molecular complexity index is 1660. The molecule has 1 atom stereocenters. The molecule has 1 N–H and O–H groups in total. The molecule has 6 rings (SSSR count). The Balaban J connectivity index is 1.35. The van der Waals surface area contributed by atoms with E-state index in [4.69, 9.17) is 9.47 Å². The molecular weight excluding hydrogens is 539 g/mol. The molecule has 2 aliphatic heterocycles. The van der Waals surface area contributed by atoms with Crippen molar-refractivity contribution in [2.24, 2.45) is 0 Å². The maximum Gasteiger partial charge on any atom is 0.417 e. The molecule has 42 heavy (non-hydrogen) atoms. The Labute approximate surface area is 243 Å². The van der Waals surface area contributed by atoms with Crippen molar-refractivity contribution in [2.45, 2.75) is 45.9 Å². The van der Waals surface area contributed by atoms with Crippen molar-refractivity contribution in [1.29, 1.82) is 0 Å². The van der Waals surface area contributed by atoms with Crippen LogP contribution >= 0.6 is 0 Å². The van der Waals surface area contributed by atoms with Gasteiger partial charge in [-0.15, -0.1) is 0 Å². The third-order valence-corrected chi connectivity index (χ3v) is 7.58. The molecule has 0 bridgehead atoms. The summed E-state index contributed by atoms with van der Waals surface area (Å²) in [5, 5.41) is 3.29. The van der Waals surface area contributed by atoms with Gasteiger partial charge in [-0.3, -0.25) is 14.1 Å². The average Bonchev–Trinajstić information content (AvgIpc) is 3.54. The fourth-order valence-electron chi connectivity index (χ4n) is 5.42. The Kier molecular flexibility index (Phi) is 7.15. The highest BCUT2D eigenvalue weighted by molar-refractivity contribution is 6.11. The molecule has 2 amide bonds. The van der Waals surface area contributed by atoms with Crippen LogP contribution in [0.2, 0.25) is 0 Å². The van der Waals surface area contributed by atoms with Crippen LogP contribution in [0, 0.1) is 5.82 Å². The minimum atomic E-state index is -0.772. The molecule has 4 aromatic rings. The van der Waals surface area contributed by atoms with E-state index >= 15 is 0 Å². The second-order valence-electron chi connectivity index (χ2n) is 11.5. The number of amides is 2. The number of pyridine rings is 2. The van der Waals surface area contributed by atoms with E-state index in [0.29, 0.717) is 39.5 Å². The molecule has 0 unspecified atom stereocenters. The number of carbonyl (C=O) groups is 2. The maximum absolute atomic E-state index is 13.8. The lowest BCUT2D eigenvalue weighted by molar-refractivity contribution is 0.0198. The predicted molar refractivity (Wildman–Crippen MR) is 155 cm³/mol. The van der Waals surface area contributed by atoms with Crippen molar-refractivity contribution in [2.75, 3.05) is 31.6 Å². The molecular formula is C31H33FN6O4. The summed E-state index contributed by atoms with van der Waals surface area (Å²) in [5.41, 5.74) is 3.63. The first-order valence-corrected chi connectivity index (χ1v) is 14.0. The summed E-state index contributed by atoms with van der Waals surface area (Å²) in [6, 6.07) is 10.5. The summed E-state index contributed by atoms with van der Waals surface area (Å²) >= 11 is 0. The van der Waals surface area contributed by atoms with Crippen molar-refractivity contribution < 1.29 is 23.5 Å². The van der Waals surface area contributed by atoms with Gasteiger partial charge in [0, 0.05) is 43.2 Å². The molecule has 1 aromatic carbocycles. The number of imidazole rings is 1. The van der Waals surface area contributed by atoms with Crippen LogP contribution in [0.1, 0.15) is 55.2 Å². The van der Waals surface area contributed by atoms with Gasteiger partial charge >= 0.3 is 6.09 Å². The van der Waals surface area contributed by atoms with Gasteiger partial charge in [0.2, 0.25) is 0 Å². The number of morpholine rings is 1. The monoisotopic (exact) mass is 572 g/mol. The van der Waals surface area contributed by atoms with Gasteiger partial charge in [-0.25, -0.2) is 24.1 Å². The molecule has 5 heterocycles. The highest BCUT2D eigenvalue weighted by Gasteiger charge is 2.39. The summed E-state index contributed by atoms with van der Waals surface area (Å²) in [7, 11) is 0. The highest BCUT2D eigenvalue weighted by atomic mass is 19.1. The summed E-state index contributed by atoms with van der Waals surface area (Å²) < 4.78 is 26.6. The molecule has 0 saturated carbocycles. The van der Waals surface area contributed by atoms with Gasteiger partial charge in [-0.05, 0) is 57.0 Å². The van der Waals surface area contributed by atoms with Crippen LogP contribution in [-0.2, 0) is 16.0 Å². The van der Waals surface area contributed by atoms with Gasteiger partial charge in [0.25, 0.3) is 5.91 Å². The molecule has 0 spiro atoms. The van der Waals surface area contributed by atoms with Crippen molar-refractivity contribution in [1.82, 2.24) is 24.2 Å². The molecule has 10 nitrogen and oxygen atoms in total. The van der Waals surface area contributed by atoms with E-state index in [0.717, 1.165) is 36.8 Å². The van der Waals surface area contributed by atoms with Crippen LogP contribution in [0.4, 0.5) is 20.7 Å². The first-order chi connectivity index (χ1) is 20.1. The van der Waals surface area contributed by atoms with Crippen molar-refractivity contribution in [3.05, 3.63) is 77.5 Å². The van der Waals surface area contributed by atoms with Crippen LogP contribution in [0.3, 0.4) is 0 Å². The van der Waals surface area contributed by atoms with E-state index in [-0.39, 0.29) is 12.6 Å². The fraction of sp³-hybridized carbons (Fsp3) is 0.355. The smallest absolute Gasteiger partial charge is 0.417 e. The van der Waals surface area contributed by atoms with Gasteiger partial charge in [-0.2, -0.15) is 0 Å². The Hall–Kier alpha value is -4.35. The zero-order chi connectivity index (χ0) is 29.6. The zero-order valence-electron chi connectivity index (χ0n) is 24.1. The standard InChI is InChI=1S/C31H33FN6O4/c1-19(36-11-13-41-14-12-36)20-5-8-26(33-16-20)35-24-7-6-22(25-17-34-27-15-21(32)9-10-37(25)27)23-18-38(29(39)28(23)24)30(40)42-31(2,3)4/h5-10,15-17,19H,11-14,18H2,1-4H3,(H,33,35)/t19-/m0/s1.